The fraction of sp³-hybridized carbons (Fsp3) is 0.471. The van der Waals surface area contributed by atoms with E-state index < -0.39 is 0 Å². The molecule has 0 saturated heterocycles. The van der Waals surface area contributed by atoms with Crippen molar-refractivity contribution in [2.24, 2.45) is 5.92 Å². The van der Waals surface area contributed by atoms with Gasteiger partial charge in [-0.1, -0.05) is 32.0 Å². The highest BCUT2D eigenvalue weighted by Gasteiger charge is 2.05. The van der Waals surface area contributed by atoms with Gasteiger partial charge in [-0.3, -0.25) is 4.68 Å². The fourth-order valence-corrected chi connectivity index (χ4v) is 2.98. The maximum atomic E-state index is 4.60. The van der Waals surface area contributed by atoms with Crippen molar-refractivity contribution in [2.75, 3.05) is 12.3 Å². The normalized spacial score (nSPS) is 11.2. The van der Waals surface area contributed by atoms with Crippen LogP contribution in [-0.2, 0) is 13.1 Å². The van der Waals surface area contributed by atoms with E-state index in [1.165, 1.54) is 10.5 Å². The van der Waals surface area contributed by atoms with Gasteiger partial charge in [-0.25, -0.2) is 0 Å². The second-order valence-electron chi connectivity index (χ2n) is 5.69. The molecule has 0 aliphatic carbocycles. The van der Waals surface area contributed by atoms with E-state index in [1.807, 2.05) is 11.8 Å². The molecule has 0 unspecified atom stereocenters. The minimum Gasteiger partial charge on any atom is -0.312 e. The highest BCUT2D eigenvalue weighted by Crippen LogP contribution is 2.17. The van der Waals surface area contributed by atoms with Gasteiger partial charge < -0.3 is 5.32 Å². The van der Waals surface area contributed by atoms with Crippen LogP contribution in [0.5, 0.6) is 0 Å². The molecule has 0 amide bonds. The number of thioether (sulfide) groups is 1. The Bertz CT molecular complexity index is 534. The van der Waals surface area contributed by atoms with E-state index in [9.17, 15) is 0 Å². The van der Waals surface area contributed by atoms with Crippen molar-refractivity contribution in [3.05, 3.63) is 47.8 Å². The zero-order chi connectivity index (χ0) is 15.1. The third kappa shape index (κ3) is 5.56. The van der Waals surface area contributed by atoms with Crippen LogP contribution in [0, 0.1) is 12.8 Å². The van der Waals surface area contributed by atoms with Crippen LogP contribution in [0.1, 0.15) is 25.1 Å². The first-order chi connectivity index (χ1) is 10.1. The van der Waals surface area contributed by atoms with E-state index in [0.29, 0.717) is 5.92 Å². The van der Waals surface area contributed by atoms with E-state index in [-0.39, 0.29) is 0 Å². The first kappa shape index (κ1) is 16.1. The van der Waals surface area contributed by atoms with Crippen molar-refractivity contribution in [1.29, 1.82) is 0 Å². The summed E-state index contributed by atoms with van der Waals surface area (Å²) in [5.74, 6) is 1.73. The van der Waals surface area contributed by atoms with Crippen molar-refractivity contribution in [2.45, 2.75) is 38.8 Å². The summed E-state index contributed by atoms with van der Waals surface area (Å²) >= 11 is 1.88. The van der Waals surface area contributed by atoms with Crippen molar-refractivity contribution in [3.63, 3.8) is 0 Å². The highest BCUT2D eigenvalue weighted by atomic mass is 32.2. The molecule has 0 bridgehead atoms. The van der Waals surface area contributed by atoms with Gasteiger partial charge in [0.2, 0.25) is 0 Å². The van der Waals surface area contributed by atoms with Gasteiger partial charge in [0, 0.05) is 29.0 Å². The largest absolute Gasteiger partial charge is 0.312 e. The molecule has 0 radical (unpaired) electrons. The van der Waals surface area contributed by atoms with Gasteiger partial charge in [-0.15, -0.1) is 11.8 Å². The number of rotatable bonds is 8. The maximum Gasteiger partial charge on any atom is 0.0638 e. The lowest BCUT2D eigenvalue weighted by atomic mass is 10.2. The van der Waals surface area contributed by atoms with Gasteiger partial charge in [0.15, 0.2) is 0 Å². The second-order valence-corrected chi connectivity index (χ2v) is 6.86. The van der Waals surface area contributed by atoms with Crippen LogP contribution in [0.3, 0.4) is 0 Å². The first-order valence-electron chi connectivity index (χ1n) is 7.56. The molecule has 2 aromatic rings. The molecule has 114 valence electrons. The van der Waals surface area contributed by atoms with Crippen molar-refractivity contribution in [1.82, 2.24) is 15.1 Å². The summed E-state index contributed by atoms with van der Waals surface area (Å²) in [5, 5.41) is 8.08. The number of nitrogens with zero attached hydrogens (tertiary/aromatic N) is 2. The summed E-state index contributed by atoms with van der Waals surface area (Å²) in [5.41, 5.74) is 2.44. The van der Waals surface area contributed by atoms with Gasteiger partial charge in [0.1, 0.15) is 0 Å². The van der Waals surface area contributed by atoms with Crippen molar-refractivity contribution >= 4 is 11.8 Å². The molecular weight excluding hydrogens is 278 g/mol. The third-order valence-corrected chi connectivity index (χ3v) is 4.24. The average molecular weight is 303 g/mol. The van der Waals surface area contributed by atoms with Crippen LogP contribution in [-0.4, -0.2) is 22.1 Å². The van der Waals surface area contributed by atoms with Crippen LogP contribution < -0.4 is 5.32 Å². The lowest BCUT2D eigenvalue weighted by Gasteiger charge is -2.06. The number of aromatic nitrogens is 2. The van der Waals surface area contributed by atoms with Crippen LogP contribution in [0.2, 0.25) is 0 Å². The number of benzene rings is 1. The predicted octanol–water partition coefficient (Wildman–Crippen LogP) is 3.73. The Morgan fingerprint density at radius 2 is 2.00 bits per heavy atom. The van der Waals surface area contributed by atoms with Crippen molar-refractivity contribution in [3.8, 4) is 0 Å². The van der Waals surface area contributed by atoms with E-state index in [2.05, 4.69) is 72.4 Å². The maximum absolute atomic E-state index is 4.60. The van der Waals surface area contributed by atoms with Crippen molar-refractivity contribution < 1.29 is 0 Å². The number of hydrogen-bond donors (Lipinski definition) is 1. The monoisotopic (exact) mass is 303 g/mol. The molecule has 2 rings (SSSR count). The molecule has 1 N–H and O–H groups in total. The summed E-state index contributed by atoms with van der Waals surface area (Å²) < 4.78 is 2.07. The Hall–Kier alpha value is -1.26. The molecule has 4 heteroatoms. The topological polar surface area (TPSA) is 29.9 Å². The molecule has 0 atom stereocenters. The molecule has 1 heterocycles. The summed E-state index contributed by atoms with van der Waals surface area (Å²) in [6.45, 7) is 9.45. The summed E-state index contributed by atoms with van der Waals surface area (Å²) in [7, 11) is 0. The lowest BCUT2D eigenvalue weighted by molar-refractivity contribution is 0.551. The highest BCUT2D eigenvalue weighted by molar-refractivity contribution is 7.99. The minimum atomic E-state index is 0.683. The van der Waals surface area contributed by atoms with Gasteiger partial charge in [0.05, 0.1) is 12.2 Å². The molecule has 0 aliphatic rings. The van der Waals surface area contributed by atoms with Gasteiger partial charge in [0.25, 0.3) is 0 Å². The molecule has 1 aromatic carbocycles. The SMILES string of the molecule is Cc1nn(CCSc2ccccc2)cc1CNCC(C)C. The predicted molar refractivity (Wildman–Crippen MR) is 90.7 cm³/mol. The van der Waals surface area contributed by atoms with E-state index in [4.69, 9.17) is 0 Å². The summed E-state index contributed by atoms with van der Waals surface area (Å²) in [6, 6.07) is 10.5. The summed E-state index contributed by atoms with van der Waals surface area (Å²) in [6.07, 6.45) is 2.17. The smallest absolute Gasteiger partial charge is 0.0638 e. The molecule has 3 nitrogen and oxygen atoms in total. The van der Waals surface area contributed by atoms with E-state index in [0.717, 1.165) is 31.1 Å². The molecule has 0 saturated carbocycles. The Labute approximate surface area is 132 Å². The zero-order valence-corrected chi connectivity index (χ0v) is 14.0. The molecule has 1 aromatic heterocycles. The number of nitrogens with one attached hydrogen (secondary N) is 1. The van der Waals surface area contributed by atoms with Crippen LogP contribution in [0.25, 0.3) is 0 Å². The number of aryl methyl sites for hydroxylation is 2. The molecule has 21 heavy (non-hydrogen) atoms. The van der Waals surface area contributed by atoms with Gasteiger partial charge in [-0.05, 0) is 31.5 Å². The number of hydrogen-bond acceptors (Lipinski definition) is 3. The van der Waals surface area contributed by atoms with Crippen LogP contribution >= 0.6 is 11.8 Å². The van der Waals surface area contributed by atoms with E-state index in [1.54, 1.807) is 0 Å². The summed E-state index contributed by atoms with van der Waals surface area (Å²) in [4.78, 5) is 1.32. The second kappa shape index (κ2) is 8.25. The van der Waals surface area contributed by atoms with Gasteiger partial charge >= 0.3 is 0 Å². The Morgan fingerprint density at radius 1 is 1.24 bits per heavy atom. The molecule has 0 spiro atoms. The Kier molecular flexibility index (Phi) is 6.33. The quantitative estimate of drug-likeness (QED) is 0.754. The molecule has 0 aliphatic heterocycles. The van der Waals surface area contributed by atoms with Crippen LogP contribution in [0.4, 0.5) is 0 Å². The standard InChI is InChI=1S/C17H25N3S/c1-14(2)11-18-12-16-13-20(19-15(16)3)9-10-21-17-7-5-4-6-8-17/h4-8,13-14,18H,9-12H2,1-3H3. The van der Waals surface area contributed by atoms with Gasteiger partial charge in [-0.2, -0.15) is 5.10 Å². The zero-order valence-electron chi connectivity index (χ0n) is 13.2. The average Bonchev–Trinajstić information content (AvgIpc) is 2.80. The van der Waals surface area contributed by atoms with Crippen LogP contribution in [0.15, 0.2) is 41.4 Å². The Balaban J connectivity index is 1.79. The van der Waals surface area contributed by atoms with E-state index >= 15 is 0 Å². The third-order valence-electron chi connectivity index (χ3n) is 3.25. The first-order valence-corrected chi connectivity index (χ1v) is 8.55. The molecule has 0 fully saturated rings. The minimum absolute atomic E-state index is 0.683. The fourth-order valence-electron chi connectivity index (χ4n) is 2.12. The Morgan fingerprint density at radius 3 is 2.71 bits per heavy atom. The lowest BCUT2D eigenvalue weighted by Crippen LogP contribution is -2.19. The molecular formula is C17H25N3S.